The van der Waals surface area contributed by atoms with Crippen LogP contribution in [0.25, 0.3) is 11.3 Å². The Morgan fingerprint density at radius 2 is 1.87 bits per heavy atom. The number of carbonyl (C=O) groups is 1. The van der Waals surface area contributed by atoms with Gasteiger partial charge in [0.2, 0.25) is 5.91 Å². The lowest BCUT2D eigenvalue weighted by molar-refractivity contribution is -0.133. The molecule has 194 valence electrons. The van der Waals surface area contributed by atoms with Gasteiger partial charge in [-0.15, -0.1) is 0 Å². The standard InChI is InChI=1S/C31H31N3O4/c1-20-18-32-21(2)29(33-20)24-16-25-19-34(13-14-38-30(25)28(17-24)37-3)31(36)27(23-7-5-4-6-8-23)15-22-9-11-26(35)12-10-22/h4-12,16-18,27,35H,13-15,19H2,1-3H3/t27-/m1/s1. The molecule has 38 heavy (non-hydrogen) atoms. The lowest BCUT2D eigenvalue weighted by Gasteiger charge is -2.26. The van der Waals surface area contributed by atoms with Gasteiger partial charge in [0.05, 0.1) is 36.7 Å². The van der Waals surface area contributed by atoms with E-state index in [1.165, 1.54) is 0 Å². The number of ether oxygens (including phenoxy) is 2. The Hall–Kier alpha value is -4.39. The first kappa shape index (κ1) is 25.3. The van der Waals surface area contributed by atoms with E-state index in [4.69, 9.17) is 14.5 Å². The summed E-state index contributed by atoms with van der Waals surface area (Å²) in [6, 6.07) is 20.8. The first-order valence-corrected chi connectivity index (χ1v) is 12.7. The second-order valence-electron chi connectivity index (χ2n) is 9.55. The Labute approximate surface area is 222 Å². The molecule has 7 nitrogen and oxygen atoms in total. The van der Waals surface area contributed by atoms with Crippen molar-refractivity contribution in [3.63, 3.8) is 0 Å². The normalized spacial score (nSPS) is 13.7. The van der Waals surface area contributed by atoms with E-state index < -0.39 is 0 Å². The average Bonchev–Trinajstić information content (AvgIpc) is 3.16. The maximum Gasteiger partial charge on any atom is 0.230 e. The molecule has 0 saturated carbocycles. The monoisotopic (exact) mass is 509 g/mol. The van der Waals surface area contributed by atoms with E-state index in [0.717, 1.165) is 39.3 Å². The van der Waals surface area contributed by atoms with Crippen LogP contribution in [0.2, 0.25) is 0 Å². The van der Waals surface area contributed by atoms with Crippen molar-refractivity contribution in [2.75, 3.05) is 20.3 Å². The highest BCUT2D eigenvalue weighted by atomic mass is 16.5. The first-order valence-electron chi connectivity index (χ1n) is 12.7. The van der Waals surface area contributed by atoms with Gasteiger partial charge in [-0.25, -0.2) is 4.98 Å². The van der Waals surface area contributed by atoms with E-state index in [9.17, 15) is 9.90 Å². The second kappa shape index (κ2) is 10.9. The maximum absolute atomic E-state index is 14.1. The van der Waals surface area contributed by atoms with E-state index in [1.807, 2.05) is 73.3 Å². The molecule has 7 heteroatoms. The average molecular weight is 510 g/mol. The summed E-state index contributed by atoms with van der Waals surface area (Å²) in [6.45, 7) is 5.04. The number of aryl methyl sites for hydroxylation is 2. The third kappa shape index (κ3) is 5.32. The first-order chi connectivity index (χ1) is 18.4. The van der Waals surface area contributed by atoms with Crippen molar-refractivity contribution in [3.05, 3.63) is 101 Å². The van der Waals surface area contributed by atoms with E-state index in [2.05, 4.69) is 4.98 Å². The highest BCUT2D eigenvalue weighted by molar-refractivity contribution is 5.84. The molecule has 2 heterocycles. The zero-order valence-corrected chi connectivity index (χ0v) is 21.8. The molecule has 1 aliphatic rings. The fraction of sp³-hybridized carbons (Fsp3) is 0.258. The molecule has 0 radical (unpaired) electrons. The third-order valence-electron chi connectivity index (χ3n) is 6.86. The number of aromatic hydroxyl groups is 1. The summed E-state index contributed by atoms with van der Waals surface area (Å²) in [5.74, 6) is 1.11. The van der Waals surface area contributed by atoms with E-state index in [1.54, 1.807) is 25.4 Å². The number of phenols is 1. The van der Waals surface area contributed by atoms with E-state index in [-0.39, 0.29) is 17.6 Å². The van der Waals surface area contributed by atoms with Crippen molar-refractivity contribution < 1.29 is 19.4 Å². The van der Waals surface area contributed by atoms with Gasteiger partial charge < -0.3 is 19.5 Å². The summed E-state index contributed by atoms with van der Waals surface area (Å²) < 4.78 is 11.8. The Bertz CT molecular complexity index is 1440. The highest BCUT2D eigenvalue weighted by Crippen LogP contribution is 2.39. The van der Waals surface area contributed by atoms with Crippen LogP contribution in [-0.2, 0) is 17.8 Å². The summed E-state index contributed by atoms with van der Waals surface area (Å²) in [5.41, 5.74) is 6.09. The number of methoxy groups -OCH3 is 1. The van der Waals surface area contributed by atoms with Gasteiger partial charge >= 0.3 is 0 Å². The minimum Gasteiger partial charge on any atom is -0.508 e. The molecule has 0 fully saturated rings. The van der Waals surface area contributed by atoms with Crippen LogP contribution in [0.4, 0.5) is 0 Å². The van der Waals surface area contributed by atoms with Gasteiger partial charge in [0.15, 0.2) is 11.5 Å². The number of aromatic nitrogens is 2. The molecule has 0 saturated heterocycles. The van der Waals surface area contributed by atoms with Crippen LogP contribution in [-0.4, -0.2) is 46.1 Å². The molecule has 1 aromatic heterocycles. The predicted molar refractivity (Wildman–Crippen MR) is 145 cm³/mol. The van der Waals surface area contributed by atoms with Crippen molar-refractivity contribution in [2.24, 2.45) is 0 Å². The van der Waals surface area contributed by atoms with Crippen molar-refractivity contribution in [1.29, 1.82) is 0 Å². The zero-order valence-electron chi connectivity index (χ0n) is 21.8. The fourth-order valence-corrected chi connectivity index (χ4v) is 4.89. The molecule has 4 aromatic rings. The van der Waals surface area contributed by atoms with Gasteiger partial charge in [0, 0.05) is 23.9 Å². The van der Waals surface area contributed by atoms with Crippen LogP contribution in [0.5, 0.6) is 17.2 Å². The fourth-order valence-electron chi connectivity index (χ4n) is 4.89. The summed E-state index contributed by atoms with van der Waals surface area (Å²) in [7, 11) is 1.62. The lowest BCUT2D eigenvalue weighted by Crippen LogP contribution is -2.37. The number of hydrogen-bond acceptors (Lipinski definition) is 6. The SMILES string of the molecule is COc1cc(-c2nc(C)cnc2C)cc2c1OCCN(C(=O)[C@H](Cc1ccc(O)cc1)c1ccccc1)C2. The van der Waals surface area contributed by atoms with Crippen LogP contribution in [0, 0.1) is 13.8 Å². The Balaban J connectivity index is 1.50. The number of benzene rings is 3. The summed E-state index contributed by atoms with van der Waals surface area (Å²) in [6.07, 6.45) is 2.27. The molecule has 3 aromatic carbocycles. The number of rotatable bonds is 6. The van der Waals surface area contributed by atoms with Crippen molar-refractivity contribution in [1.82, 2.24) is 14.9 Å². The molecule has 1 amide bonds. The molecule has 0 aliphatic carbocycles. The van der Waals surface area contributed by atoms with Crippen molar-refractivity contribution in [3.8, 4) is 28.5 Å². The van der Waals surface area contributed by atoms with Crippen molar-refractivity contribution >= 4 is 5.91 Å². The second-order valence-corrected chi connectivity index (χ2v) is 9.55. The number of amides is 1. The van der Waals surface area contributed by atoms with Crippen LogP contribution < -0.4 is 9.47 Å². The lowest BCUT2D eigenvalue weighted by atomic mass is 9.90. The Morgan fingerprint density at radius 1 is 1.11 bits per heavy atom. The molecule has 1 aliphatic heterocycles. The van der Waals surface area contributed by atoms with Crippen molar-refractivity contribution in [2.45, 2.75) is 32.7 Å². The summed E-state index contributed by atoms with van der Waals surface area (Å²) in [4.78, 5) is 25.2. The number of carbonyl (C=O) groups excluding carboxylic acids is 1. The van der Waals surface area contributed by atoms with E-state index >= 15 is 0 Å². The van der Waals surface area contributed by atoms with Gasteiger partial charge in [0.1, 0.15) is 12.4 Å². The number of hydrogen-bond donors (Lipinski definition) is 1. The smallest absolute Gasteiger partial charge is 0.230 e. The quantitative estimate of drug-likeness (QED) is 0.384. The molecule has 0 bridgehead atoms. The van der Waals surface area contributed by atoms with Crippen LogP contribution in [0.1, 0.15) is 34.0 Å². The number of phenolic OH excluding ortho intramolecular Hbond substituents is 1. The molecule has 1 atom stereocenters. The number of nitrogens with zero attached hydrogens (tertiary/aromatic N) is 3. The molecule has 0 spiro atoms. The third-order valence-corrected chi connectivity index (χ3v) is 6.86. The van der Waals surface area contributed by atoms with Crippen LogP contribution in [0.3, 0.4) is 0 Å². The molecule has 0 unspecified atom stereocenters. The highest BCUT2D eigenvalue weighted by Gasteiger charge is 2.30. The van der Waals surface area contributed by atoms with E-state index in [0.29, 0.717) is 37.6 Å². The molecular formula is C31H31N3O4. The Kier molecular flexibility index (Phi) is 7.26. The summed E-state index contributed by atoms with van der Waals surface area (Å²) >= 11 is 0. The van der Waals surface area contributed by atoms with Crippen LogP contribution in [0.15, 0.2) is 72.9 Å². The molecular weight excluding hydrogens is 478 g/mol. The van der Waals surface area contributed by atoms with Crippen LogP contribution >= 0.6 is 0 Å². The van der Waals surface area contributed by atoms with Gasteiger partial charge in [0.25, 0.3) is 0 Å². The number of fused-ring (bicyclic) bond motifs is 1. The van der Waals surface area contributed by atoms with Gasteiger partial charge in [-0.1, -0.05) is 42.5 Å². The largest absolute Gasteiger partial charge is 0.508 e. The summed E-state index contributed by atoms with van der Waals surface area (Å²) in [5, 5.41) is 9.72. The molecule has 1 N–H and O–H groups in total. The minimum atomic E-state index is -0.378. The molecule has 5 rings (SSSR count). The zero-order chi connectivity index (χ0) is 26.6. The predicted octanol–water partition coefficient (Wildman–Crippen LogP) is 5.22. The van der Waals surface area contributed by atoms with Gasteiger partial charge in [-0.2, -0.15) is 0 Å². The maximum atomic E-state index is 14.1. The topological polar surface area (TPSA) is 84.8 Å². The van der Waals surface area contributed by atoms with Gasteiger partial charge in [-0.05, 0) is 55.7 Å². The van der Waals surface area contributed by atoms with Gasteiger partial charge in [-0.3, -0.25) is 9.78 Å². The minimum absolute atomic E-state index is 0.0247. The Morgan fingerprint density at radius 3 is 2.61 bits per heavy atom.